The molecule has 0 aliphatic carbocycles. The summed E-state index contributed by atoms with van der Waals surface area (Å²) in [5.41, 5.74) is 0. The fourth-order valence-electron chi connectivity index (χ4n) is 2.08. The van der Waals surface area contributed by atoms with Crippen molar-refractivity contribution in [1.29, 1.82) is 0 Å². The lowest BCUT2D eigenvalue weighted by Crippen LogP contribution is -2.72. The molecule has 0 saturated carbocycles. The molecule has 4 nitrogen and oxygen atoms in total. The van der Waals surface area contributed by atoms with Crippen molar-refractivity contribution in [3.8, 4) is 0 Å². The van der Waals surface area contributed by atoms with Gasteiger partial charge < -0.3 is 0 Å². The molecule has 1 unspecified atom stereocenters. The molecule has 0 amide bonds. The van der Waals surface area contributed by atoms with E-state index in [2.05, 4.69) is 4.18 Å². The Hall–Kier alpha value is -1.18. The average molecular weight is 536 g/mol. The summed E-state index contributed by atoms with van der Waals surface area (Å²) in [6.45, 7) is 0. The molecule has 0 heterocycles. The highest BCUT2D eigenvalue weighted by molar-refractivity contribution is 7.80. The molecule has 194 valence electrons. The molecule has 0 radical (unpaired) electrons. The lowest BCUT2D eigenvalue weighted by molar-refractivity contribution is -0.447. The van der Waals surface area contributed by atoms with Crippen molar-refractivity contribution >= 4 is 10.4 Å². The van der Waals surface area contributed by atoms with Gasteiger partial charge >= 0.3 is 52.3 Å². The van der Waals surface area contributed by atoms with Crippen LogP contribution in [0.1, 0.15) is 32.1 Å². The smallest absolute Gasteiger partial charge is 0.263 e. The zero-order chi connectivity index (χ0) is 26.2. The zero-order valence-electron chi connectivity index (χ0n) is 14.8. The van der Waals surface area contributed by atoms with E-state index in [1.165, 1.54) is 0 Å². The first kappa shape index (κ1) is 30.8. The molecular formula is C12H11F15O4S. The van der Waals surface area contributed by atoms with E-state index in [1.54, 1.807) is 0 Å². The van der Waals surface area contributed by atoms with Crippen LogP contribution in [-0.4, -0.2) is 54.9 Å². The zero-order valence-corrected chi connectivity index (χ0v) is 15.6. The maximum Gasteiger partial charge on any atom is 0.460 e. The Labute approximate surface area is 168 Å². The summed E-state index contributed by atoms with van der Waals surface area (Å²) in [5.74, 6) is -37.7. The summed E-state index contributed by atoms with van der Waals surface area (Å²) in [4.78, 5) is 0. The van der Waals surface area contributed by atoms with E-state index in [0.717, 1.165) is 0 Å². The van der Waals surface area contributed by atoms with Crippen LogP contribution in [0.25, 0.3) is 0 Å². The number of alkyl halides is 15. The molecule has 32 heavy (non-hydrogen) atoms. The Morgan fingerprint density at radius 1 is 0.594 bits per heavy atom. The lowest BCUT2D eigenvalue weighted by Gasteiger charge is -2.42. The van der Waals surface area contributed by atoms with Crippen LogP contribution in [0.5, 0.6) is 0 Å². The normalized spacial score (nSPS) is 17.4. The van der Waals surface area contributed by atoms with Crippen molar-refractivity contribution in [3.05, 3.63) is 0 Å². The van der Waals surface area contributed by atoms with Gasteiger partial charge in [0.2, 0.25) is 0 Å². The van der Waals surface area contributed by atoms with E-state index in [-0.39, 0.29) is 0 Å². The van der Waals surface area contributed by atoms with Crippen LogP contribution >= 0.6 is 0 Å². The Balaban J connectivity index is 6.26. The van der Waals surface area contributed by atoms with E-state index >= 15 is 0 Å². The highest BCUT2D eigenvalue weighted by Crippen LogP contribution is 2.61. The lowest BCUT2D eigenvalue weighted by atomic mass is 9.90. The predicted molar refractivity (Wildman–Crippen MR) is 71.5 cm³/mol. The summed E-state index contributed by atoms with van der Waals surface area (Å²) < 4.78 is 226. The van der Waals surface area contributed by atoms with Crippen molar-refractivity contribution in [2.75, 3.05) is 0 Å². The van der Waals surface area contributed by atoms with E-state index in [9.17, 15) is 74.3 Å². The van der Waals surface area contributed by atoms with Gasteiger partial charge in [-0.25, -0.2) is 0 Å². The minimum Gasteiger partial charge on any atom is -0.263 e. The monoisotopic (exact) mass is 536 g/mol. The van der Waals surface area contributed by atoms with Crippen LogP contribution in [0.4, 0.5) is 65.9 Å². The molecule has 0 aromatic heterocycles. The molecule has 0 bridgehead atoms. The van der Waals surface area contributed by atoms with Crippen LogP contribution < -0.4 is 0 Å². The molecular weight excluding hydrogens is 525 g/mol. The summed E-state index contributed by atoms with van der Waals surface area (Å²) in [5, 5.41) is 0. The highest BCUT2D eigenvalue weighted by Gasteiger charge is 2.91. The summed E-state index contributed by atoms with van der Waals surface area (Å²) >= 11 is 0. The fourth-order valence-corrected chi connectivity index (χ4v) is 2.59. The highest BCUT2D eigenvalue weighted by atomic mass is 32.3. The largest absolute Gasteiger partial charge is 0.460 e. The summed E-state index contributed by atoms with van der Waals surface area (Å²) in [6, 6.07) is 0. The predicted octanol–water partition coefficient (Wildman–Crippen LogP) is 6.09. The molecule has 0 aliphatic heterocycles. The summed E-state index contributed by atoms with van der Waals surface area (Å²) in [6.07, 6.45) is -20.3. The van der Waals surface area contributed by atoms with Gasteiger partial charge in [0.25, 0.3) is 0 Å². The van der Waals surface area contributed by atoms with Crippen molar-refractivity contribution in [2.45, 2.75) is 74.0 Å². The maximum absolute atomic E-state index is 14.3. The molecule has 0 aromatic rings. The minimum atomic E-state index is -8.13. The second-order valence-electron chi connectivity index (χ2n) is 6.21. The van der Waals surface area contributed by atoms with E-state index in [1.807, 2.05) is 0 Å². The molecule has 1 atom stereocenters. The minimum absolute atomic E-state index is 1.03. The third-order valence-corrected chi connectivity index (χ3v) is 4.13. The van der Waals surface area contributed by atoms with Crippen molar-refractivity contribution in [1.82, 2.24) is 0 Å². The Kier molecular flexibility index (Phi) is 8.55. The third kappa shape index (κ3) is 6.23. The number of unbranched alkanes of at least 4 members (excludes halogenated alkanes) is 2. The first-order valence-corrected chi connectivity index (χ1v) is 9.04. The topological polar surface area (TPSA) is 63.6 Å². The van der Waals surface area contributed by atoms with Gasteiger partial charge in [-0.3, -0.25) is 4.55 Å². The van der Waals surface area contributed by atoms with Gasteiger partial charge in [0.05, 0.1) is 0 Å². The number of halogens is 15. The van der Waals surface area contributed by atoms with Crippen LogP contribution in [-0.2, 0) is 14.6 Å². The van der Waals surface area contributed by atoms with Gasteiger partial charge in [0.1, 0.15) is 0 Å². The van der Waals surface area contributed by atoms with Gasteiger partial charge in [0, 0.05) is 12.8 Å². The van der Waals surface area contributed by atoms with E-state index in [0.29, 0.717) is 0 Å². The van der Waals surface area contributed by atoms with Gasteiger partial charge in [-0.2, -0.15) is 78.5 Å². The Bertz CT molecular complexity index is 742. The van der Waals surface area contributed by atoms with Gasteiger partial charge in [-0.15, -0.1) is 0 Å². The molecule has 0 aliphatic rings. The molecule has 20 heteroatoms. The standard InChI is InChI=1S/C12H11F15O4S/c13-6(14,4-2-1-3-5-7(15,16)17)11(24,31-32(28,29)30)9(20,21)8(18,19)10(22,23)12(25,26)27/h1-5H2,(H,28,29,30). The first-order valence-electron chi connectivity index (χ1n) is 7.68. The van der Waals surface area contributed by atoms with Crippen molar-refractivity contribution in [2.24, 2.45) is 0 Å². The second kappa shape index (κ2) is 8.88. The quantitative estimate of drug-likeness (QED) is 0.197. The molecule has 0 saturated heterocycles. The van der Waals surface area contributed by atoms with Gasteiger partial charge in [-0.05, 0) is 12.8 Å². The van der Waals surface area contributed by atoms with Gasteiger partial charge in [-0.1, -0.05) is 6.42 Å². The van der Waals surface area contributed by atoms with E-state index in [4.69, 9.17) is 4.55 Å². The van der Waals surface area contributed by atoms with E-state index < -0.39 is 84.4 Å². The number of hydrogen-bond acceptors (Lipinski definition) is 3. The van der Waals surface area contributed by atoms with Crippen LogP contribution in [0.15, 0.2) is 0 Å². The molecule has 0 fully saturated rings. The number of hydrogen-bond donors (Lipinski definition) is 1. The molecule has 0 rings (SSSR count). The van der Waals surface area contributed by atoms with Crippen LogP contribution in [0.3, 0.4) is 0 Å². The van der Waals surface area contributed by atoms with Crippen molar-refractivity contribution < 1.29 is 83.0 Å². The van der Waals surface area contributed by atoms with Crippen LogP contribution in [0, 0.1) is 0 Å². The summed E-state index contributed by atoms with van der Waals surface area (Å²) in [7, 11) is -6.99. The first-order chi connectivity index (χ1) is 13.7. The maximum atomic E-state index is 14.3. The molecule has 0 spiro atoms. The Morgan fingerprint density at radius 2 is 1.00 bits per heavy atom. The molecule has 1 N–H and O–H groups in total. The van der Waals surface area contributed by atoms with Gasteiger partial charge in [0.15, 0.2) is 0 Å². The Morgan fingerprint density at radius 3 is 1.34 bits per heavy atom. The second-order valence-corrected chi connectivity index (χ2v) is 7.23. The average Bonchev–Trinajstić information content (AvgIpc) is 2.49. The van der Waals surface area contributed by atoms with Crippen LogP contribution in [0.2, 0.25) is 0 Å². The number of rotatable bonds is 11. The SMILES string of the molecule is O=S(=O)(O)OC(F)(C(F)(F)CCCCCC(F)(F)F)C(F)(F)C(F)(F)C(F)(F)C(F)(F)F. The van der Waals surface area contributed by atoms with Crippen molar-refractivity contribution in [3.63, 3.8) is 0 Å². The fraction of sp³-hybridized carbons (Fsp3) is 1.00. The third-order valence-electron chi connectivity index (χ3n) is 3.69. The molecule has 0 aromatic carbocycles.